The minimum atomic E-state index is -0.814. The lowest BCUT2D eigenvalue weighted by molar-refractivity contribution is -0.136. The van der Waals surface area contributed by atoms with Crippen molar-refractivity contribution in [2.75, 3.05) is 0 Å². The second-order valence-corrected chi connectivity index (χ2v) is 6.08. The van der Waals surface area contributed by atoms with Crippen LogP contribution in [0.4, 0.5) is 0 Å². The summed E-state index contributed by atoms with van der Waals surface area (Å²) in [6, 6.07) is 0. The van der Waals surface area contributed by atoms with Gasteiger partial charge in [-0.25, -0.2) is 0 Å². The van der Waals surface area contributed by atoms with E-state index in [-0.39, 0.29) is 12.5 Å². The fourth-order valence-corrected chi connectivity index (χ4v) is 3.34. The molecular weight excluding hydrogens is 280 g/mol. The summed E-state index contributed by atoms with van der Waals surface area (Å²) in [5.41, 5.74) is 0. The molecule has 0 spiro atoms. The van der Waals surface area contributed by atoms with Crippen LogP contribution >= 0.6 is 0 Å². The minimum absolute atomic E-state index is 0.0574. The van der Waals surface area contributed by atoms with E-state index in [0.717, 1.165) is 25.7 Å². The van der Waals surface area contributed by atoms with Gasteiger partial charge in [0.15, 0.2) is 0 Å². The van der Waals surface area contributed by atoms with Crippen molar-refractivity contribution in [3.05, 3.63) is 36.5 Å². The molecule has 0 aromatic carbocycles. The first kappa shape index (κ1) is 17.0. The van der Waals surface area contributed by atoms with Crippen LogP contribution < -0.4 is 0 Å². The van der Waals surface area contributed by atoms with E-state index >= 15 is 0 Å². The largest absolute Gasteiger partial charge is 0.481 e. The molecule has 1 unspecified atom stereocenters. The third kappa shape index (κ3) is 4.55. The molecule has 2 heterocycles. The normalized spacial score (nSPS) is 32.6. The summed E-state index contributed by atoms with van der Waals surface area (Å²) in [4.78, 5) is 10.4. The molecule has 5 atom stereocenters. The Hall–Kier alpha value is -1.39. The monoisotopic (exact) mass is 306 g/mol. The highest BCUT2D eigenvalue weighted by molar-refractivity contribution is 5.68. The zero-order valence-corrected chi connectivity index (χ0v) is 13.1. The number of rotatable bonds is 8. The van der Waals surface area contributed by atoms with Crippen molar-refractivity contribution in [3.63, 3.8) is 0 Å². The molecule has 2 saturated heterocycles. The van der Waals surface area contributed by atoms with E-state index in [1.54, 1.807) is 12.2 Å². The lowest BCUT2D eigenvalue weighted by Crippen LogP contribution is -2.25. The molecule has 0 amide bonds. The second kappa shape index (κ2) is 8.30. The van der Waals surface area contributed by atoms with Crippen LogP contribution in [0.2, 0.25) is 0 Å². The lowest BCUT2D eigenvalue weighted by Gasteiger charge is -2.24. The predicted octanol–water partition coefficient (Wildman–Crippen LogP) is 3.08. The van der Waals surface area contributed by atoms with E-state index in [2.05, 4.69) is 12.2 Å². The number of allylic oxidation sites excluding steroid dienone is 3. The van der Waals surface area contributed by atoms with Gasteiger partial charge in [0.1, 0.15) is 0 Å². The molecule has 2 aliphatic heterocycles. The molecule has 2 bridgehead atoms. The molecule has 2 aliphatic rings. The number of carboxylic acid groups (broad SMARTS) is 1. The Balaban J connectivity index is 1.87. The average molecular weight is 306 g/mol. The summed E-state index contributed by atoms with van der Waals surface area (Å²) in [5, 5.41) is 18.2. The van der Waals surface area contributed by atoms with Crippen molar-refractivity contribution in [1.82, 2.24) is 0 Å². The van der Waals surface area contributed by atoms with Gasteiger partial charge in [-0.05, 0) is 31.6 Å². The van der Waals surface area contributed by atoms with Gasteiger partial charge < -0.3 is 14.9 Å². The first-order chi connectivity index (χ1) is 10.6. The summed E-state index contributed by atoms with van der Waals surface area (Å²) < 4.78 is 6.01. The zero-order valence-electron chi connectivity index (χ0n) is 13.1. The third-order valence-electron chi connectivity index (χ3n) is 4.54. The quantitative estimate of drug-likeness (QED) is 0.534. The topological polar surface area (TPSA) is 66.8 Å². The maximum atomic E-state index is 10.4. The van der Waals surface area contributed by atoms with Gasteiger partial charge in [0, 0.05) is 5.92 Å². The molecule has 0 saturated carbocycles. The van der Waals surface area contributed by atoms with Gasteiger partial charge in [0.05, 0.1) is 24.7 Å². The molecule has 2 rings (SSSR count). The molecule has 2 fully saturated rings. The predicted molar refractivity (Wildman–Crippen MR) is 85.5 cm³/mol. The van der Waals surface area contributed by atoms with Crippen LogP contribution in [-0.2, 0) is 9.53 Å². The lowest BCUT2D eigenvalue weighted by atomic mass is 9.77. The Morgan fingerprint density at radius 1 is 1.27 bits per heavy atom. The Kier molecular flexibility index (Phi) is 6.40. The molecule has 122 valence electrons. The number of ether oxygens (including phenoxy) is 1. The van der Waals surface area contributed by atoms with Crippen LogP contribution in [0, 0.1) is 11.8 Å². The van der Waals surface area contributed by atoms with Gasteiger partial charge in [-0.15, -0.1) is 0 Å². The van der Waals surface area contributed by atoms with Gasteiger partial charge >= 0.3 is 5.97 Å². The number of aliphatic carboxylic acids is 1. The van der Waals surface area contributed by atoms with Crippen LogP contribution in [0.5, 0.6) is 0 Å². The highest BCUT2D eigenvalue weighted by atomic mass is 16.5. The summed E-state index contributed by atoms with van der Waals surface area (Å²) in [6.07, 6.45) is 15.7. The number of fused-ring (bicyclic) bond motifs is 2. The van der Waals surface area contributed by atoms with E-state index < -0.39 is 5.97 Å². The molecule has 22 heavy (non-hydrogen) atoms. The van der Waals surface area contributed by atoms with E-state index in [9.17, 15) is 9.90 Å². The van der Waals surface area contributed by atoms with E-state index in [0.29, 0.717) is 24.0 Å². The molecule has 4 nitrogen and oxygen atoms in total. The number of carbonyl (C=O) groups is 1. The molecule has 0 aliphatic carbocycles. The van der Waals surface area contributed by atoms with Gasteiger partial charge in [0.2, 0.25) is 0 Å². The summed E-state index contributed by atoms with van der Waals surface area (Å²) in [5.74, 6) is 0.0293. The van der Waals surface area contributed by atoms with Crippen molar-refractivity contribution in [1.29, 1.82) is 0 Å². The Labute approximate surface area is 132 Å². The summed E-state index contributed by atoms with van der Waals surface area (Å²) in [7, 11) is 0. The fourth-order valence-electron chi connectivity index (χ4n) is 3.34. The number of hydrogen-bond acceptors (Lipinski definition) is 3. The number of carboxylic acids is 1. The molecule has 0 radical (unpaired) electrons. The Morgan fingerprint density at radius 2 is 2.00 bits per heavy atom. The van der Waals surface area contributed by atoms with Gasteiger partial charge in [-0.3, -0.25) is 4.79 Å². The summed E-state index contributed by atoms with van der Waals surface area (Å²) >= 11 is 0. The second-order valence-electron chi connectivity index (χ2n) is 6.08. The smallest absolute Gasteiger partial charge is 0.307 e. The Morgan fingerprint density at radius 3 is 2.73 bits per heavy atom. The van der Waals surface area contributed by atoms with Crippen molar-refractivity contribution in [2.24, 2.45) is 11.8 Å². The first-order valence-corrected chi connectivity index (χ1v) is 8.17. The SMILES string of the molecule is CCC(O)C=C[C@@H]1[C@H](CC=CC=CCC(=O)O)[C@@H]2CC[C@H]1O2. The van der Waals surface area contributed by atoms with Crippen molar-refractivity contribution >= 4 is 5.97 Å². The van der Waals surface area contributed by atoms with Gasteiger partial charge in [0.25, 0.3) is 0 Å². The van der Waals surface area contributed by atoms with Crippen LogP contribution in [-0.4, -0.2) is 34.5 Å². The van der Waals surface area contributed by atoms with E-state index in [1.807, 2.05) is 19.1 Å². The number of aliphatic hydroxyl groups excluding tert-OH is 1. The number of hydrogen-bond donors (Lipinski definition) is 2. The van der Waals surface area contributed by atoms with Gasteiger partial charge in [-0.2, -0.15) is 0 Å². The summed E-state index contributed by atoms with van der Waals surface area (Å²) in [6.45, 7) is 1.97. The maximum absolute atomic E-state index is 10.4. The van der Waals surface area contributed by atoms with Crippen LogP contribution in [0.25, 0.3) is 0 Å². The van der Waals surface area contributed by atoms with E-state index in [4.69, 9.17) is 9.84 Å². The van der Waals surface area contributed by atoms with Crippen LogP contribution in [0.1, 0.15) is 39.0 Å². The highest BCUT2D eigenvalue weighted by Gasteiger charge is 2.46. The third-order valence-corrected chi connectivity index (χ3v) is 4.54. The average Bonchev–Trinajstić information content (AvgIpc) is 3.09. The fraction of sp³-hybridized carbons (Fsp3) is 0.611. The standard InChI is InChI=1S/C18H26O4/c1-2-13(19)9-10-15-14(16-11-12-17(15)22-16)7-5-3-4-6-8-18(20)21/h3-6,9-10,13-17,19H,2,7-8,11-12H2,1H3,(H,20,21)/t13?,14-,15+,16-,17+/m0/s1. The van der Waals surface area contributed by atoms with Crippen LogP contribution in [0.3, 0.4) is 0 Å². The molecular formula is C18H26O4. The highest BCUT2D eigenvalue weighted by Crippen LogP contribution is 2.45. The van der Waals surface area contributed by atoms with Gasteiger partial charge in [-0.1, -0.05) is 43.4 Å². The van der Waals surface area contributed by atoms with Crippen molar-refractivity contribution < 1.29 is 19.7 Å². The van der Waals surface area contributed by atoms with Crippen LogP contribution in [0.15, 0.2) is 36.5 Å². The Bertz CT molecular complexity index is 452. The van der Waals surface area contributed by atoms with Crippen molar-refractivity contribution in [2.45, 2.75) is 57.3 Å². The maximum Gasteiger partial charge on any atom is 0.307 e. The zero-order chi connectivity index (χ0) is 15.9. The van der Waals surface area contributed by atoms with Crippen molar-refractivity contribution in [3.8, 4) is 0 Å². The molecule has 0 aromatic heterocycles. The first-order valence-electron chi connectivity index (χ1n) is 8.17. The van der Waals surface area contributed by atoms with E-state index in [1.165, 1.54) is 0 Å². The minimum Gasteiger partial charge on any atom is -0.481 e. The number of aliphatic hydroxyl groups is 1. The molecule has 0 aromatic rings. The molecule has 2 N–H and O–H groups in total. The molecule has 4 heteroatoms.